The fourth-order valence-electron chi connectivity index (χ4n) is 1.37. The Balaban J connectivity index is 0.000000399. The van der Waals surface area contributed by atoms with Crippen molar-refractivity contribution >= 4 is 24.2 Å². The smallest absolute Gasteiger partial charge is 0.332 e. The quantitative estimate of drug-likeness (QED) is 0.591. The molecule has 0 unspecified atom stereocenters. The van der Waals surface area contributed by atoms with Crippen molar-refractivity contribution in [3.05, 3.63) is 66.8 Å². The van der Waals surface area contributed by atoms with Gasteiger partial charge in [-0.25, -0.2) is 4.79 Å². The number of benzene rings is 1. The fraction of sp³-hybridized carbons (Fsp3) is 0.118. The van der Waals surface area contributed by atoms with Gasteiger partial charge in [0.2, 0.25) is 0 Å². The van der Waals surface area contributed by atoms with E-state index in [0.29, 0.717) is 5.57 Å². The van der Waals surface area contributed by atoms with Crippen LogP contribution in [0.1, 0.15) is 23.6 Å². The van der Waals surface area contributed by atoms with Crippen LogP contribution in [0.3, 0.4) is 0 Å². The molecule has 0 aliphatic rings. The van der Waals surface area contributed by atoms with E-state index in [4.69, 9.17) is 0 Å². The van der Waals surface area contributed by atoms with Crippen molar-refractivity contribution in [2.75, 3.05) is 7.11 Å². The Bertz CT molecular complexity index is 470. The van der Waals surface area contributed by atoms with Crippen molar-refractivity contribution in [2.24, 2.45) is 0 Å². The molecule has 0 aliphatic carbocycles. The number of hydrogen-bond acceptors (Lipinski definition) is 2. The van der Waals surface area contributed by atoms with Gasteiger partial charge >= 0.3 is 5.97 Å². The average molecular weight is 256 g/mol. The molecular formula is C17H20O2. The van der Waals surface area contributed by atoms with Crippen LogP contribution in [0.15, 0.2) is 50.1 Å². The van der Waals surface area contributed by atoms with E-state index in [9.17, 15) is 4.79 Å². The van der Waals surface area contributed by atoms with Crippen LogP contribution in [-0.4, -0.2) is 13.1 Å². The number of methoxy groups -OCH3 is 1. The van der Waals surface area contributed by atoms with Crippen LogP contribution in [0.25, 0.3) is 18.2 Å². The Hall–Kier alpha value is -2.35. The van der Waals surface area contributed by atoms with Crippen molar-refractivity contribution < 1.29 is 9.53 Å². The van der Waals surface area contributed by atoms with Gasteiger partial charge in [0.25, 0.3) is 0 Å². The van der Waals surface area contributed by atoms with Crippen LogP contribution in [0.4, 0.5) is 0 Å². The highest BCUT2D eigenvalue weighted by molar-refractivity contribution is 5.86. The van der Waals surface area contributed by atoms with E-state index in [1.807, 2.05) is 36.4 Å². The van der Waals surface area contributed by atoms with Gasteiger partial charge < -0.3 is 4.74 Å². The Morgan fingerprint density at radius 1 is 1.11 bits per heavy atom. The SMILES string of the molecule is C=C(C)C(=O)OC.C=Cc1cccc(C=C)c1C=C. The second kappa shape index (κ2) is 8.70. The molecule has 1 rings (SSSR count). The minimum absolute atomic E-state index is 0.347. The molecular weight excluding hydrogens is 236 g/mol. The zero-order chi connectivity index (χ0) is 14.8. The number of esters is 1. The predicted molar refractivity (Wildman–Crippen MR) is 83.5 cm³/mol. The van der Waals surface area contributed by atoms with E-state index in [1.54, 1.807) is 6.92 Å². The molecule has 0 aromatic heterocycles. The van der Waals surface area contributed by atoms with E-state index < -0.39 is 0 Å². The number of ether oxygens (including phenoxy) is 1. The molecule has 0 bridgehead atoms. The summed E-state index contributed by atoms with van der Waals surface area (Å²) in [5.41, 5.74) is 3.73. The third kappa shape index (κ3) is 5.21. The number of carbonyl (C=O) groups is 1. The molecule has 0 heterocycles. The summed E-state index contributed by atoms with van der Waals surface area (Å²) < 4.78 is 4.27. The maximum Gasteiger partial charge on any atom is 0.332 e. The zero-order valence-corrected chi connectivity index (χ0v) is 11.6. The van der Waals surface area contributed by atoms with E-state index in [-0.39, 0.29) is 5.97 Å². The molecule has 2 nitrogen and oxygen atoms in total. The molecule has 0 N–H and O–H groups in total. The second-order valence-electron chi connectivity index (χ2n) is 3.73. The Morgan fingerprint density at radius 3 is 1.79 bits per heavy atom. The van der Waals surface area contributed by atoms with Gasteiger partial charge in [-0.05, 0) is 23.6 Å². The van der Waals surface area contributed by atoms with Crippen LogP contribution in [0.2, 0.25) is 0 Å². The molecule has 19 heavy (non-hydrogen) atoms. The van der Waals surface area contributed by atoms with Crippen molar-refractivity contribution in [1.29, 1.82) is 0 Å². The summed E-state index contributed by atoms with van der Waals surface area (Å²) in [4.78, 5) is 10.2. The largest absolute Gasteiger partial charge is 0.466 e. The maximum absolute atomic E-state index is 10.2. The van der Waals surface area contributed by atoms with Crippen molar-refractivity contribution in [1.82, 2.24) is 0 Å². The lowest BCUT2D eigenvalue weighted by Gasteiger charge is -2.03. The zero-order valence-electron chi connectivity index (χ0n) is 11.6. The summed E-state index contributed by atoms with van der Waals surface area (Å²) in [6.07, 6.45) is 5.47. The highest BCUT2D eigenvalue weighted by Gasteiger charge is 1.98. The summed E-state index contributed by atoms with van der Waals surface area (Å²) >= 11 is 0. The normalized spacial score (nSPS) is 8.53. The van der Waals surface area contributed by atoms with Crippen molar-refractivity contribution in [3.8, 4) is 0 Å². The van der Waals surface area contributed by atoms with Crippen molar-refractivity contribution in [3.63, 3.8) is 0 Å². The first-order valence-electron chi connectivity index (χ1n) is 5.75. The Morgan fingerprint density at radius 2 is 1.58 bits per heavy atom. The standard InChI is InChI=1S/C12H12.C5H8O2/c1-4-10-8-7-9-11(5-2)12(10)6-3;1-4(2)5(6)7-3/h4-9H,1-3H2;1H2,2-3H3. The van der Waals surface area contributed by atoms with Crippen LogP contribution in [0.5, 0.6) is 0 Å². The lowest BCUT2D eigenvalue weighted by Crippen LogP contribution is -1.98. The molecule has 1 aromatic carbocycles. The third-order valence-electron chi connectivity index (χ3n) is 2.35. The first kappa shape index (κ1) is 16.7. The Labute approximate surface area is 115 Å². The molecule has 0 fully saturated rings. The molecule has 0 aliphatic heterocycles. The monoisotopic (exact) mass is 256 g/mol. The van der Waals surface area contributed by atoms with E-state index in [1.165, 1.54) is 7.11 Å². The maximum atomic E-state index is 10.2. The lowest BCUT2D eigenvalue weighted by atomic mass is 10.0. The van der Waals surface area contributed by atoms with Gasteiger partial charge in [0, 0.05) is 5.57 Å². The van der Waals surface area contributed by atoms with Gasteiger partial charge in [-0.3, -0.25) is 0 Å². The molecule has 0 atom stereocenters. The number of hydrogen-bond donors (Lipinski definition) is 0. The topological polar surface area (TPSA) is 26.3 Å². The Kier molecular flexibility index (Phi) is 7.62. The minimum Gasteiger partial charge on any atom is -0.466 e. The molecule has 100 valence electrons. The molecule has 0 saturated carbocycles. The summed E-state index contributed by atoms with van der Waals surface area (Å²) in [5.74, 6) is -0.347. The highest BCUT2D eigenvalue weighted by atomic mass is 16.5. The predicted octanol–water partition coefficient (Wildman–Crippen LogP) is 4.35. The van der Waals surface area contributed by atoms with Gasteiger partial charge in [0.1, 0.15) is 0 Å². The molecule has 1 aromatic rings. The van der Waals surface area contributed by atoms with Gasteiger partial charge in [0.05, 0.1) is 7.11 Å². The van der Waals surface area contributed by atoms with Gasteiger partial charge in [-0.1, -0.05) is 62.7 Å². The number of rotatable bonds is 4. The third-order valence-corrected chi connectivity index (χ3v) is 2.35. The van der Waals surface area contributed by atoms with Crippen LogP contribution in [0, 0.1) is 0 Å². The lowest BCUT2D eigenvalue weighted by molar-refractivity contribution is -0.136. The van der Waals surface area contributed by atoms with Gasteiger partial charge in [-0.2, -0.15) is 0 Å². The van der Waals surface area contributed by atoms with E-state index in [0.717, 1.165) is 16.7 Å². The highest BCUT2D eigenvalue weighted by Crippen LogP contribution is 2.17. The fourth-order valence-corrected chi connectivity index (χ4v) is 1.37. The molecule has 0 radical (unpaired) electrons. The summed E-state index contributed by atoms with van der Waals surface area (Å²) in [7, 11) is 1.33. The van der Waals surface area contributed by atoms with Gasteiger partial charge in [-0.15, -0.1) is 0 Å². The van der Waals surface area contributed by atoms with Crippen molar-refractivity contribution in [2.45, 2.75) is 6.92 Å². The van der Waals surface area contributed by atoms with Crippen LogP contribution >= 0.6 is 0 Å². The summed E-state index contributed by atoms with van der Waals surface area (Å²) in [6, 6.07) is 6.01. The molecule has 2 heteroatoms. The second-order valence-corrected chi connectivity index (χ2v) is 3.73. The molecule has 0 amide bonds. The summed E-state index contributed by atoms with van der Waals surface area (Å²) in [6.45, 7) is 16.2. The van der Waals surface area contributed by atoms with E-state index in [2.05, 4.69) is 31.1 Å². The number of carbonyl (C=O) groups excluding carboxylic acids is 1. The molecule has 0 spiro atoms. The first-order valence-corrected chi connectivity index (χ1v) is 5.75. The average Bonchev–Trinajstić information content (AvgIpc) is 2.45. The summed E-state index contributed by atoms with van der Waals surface area (Å²) in [5, 5.41) is 0. The van der Waals surface area contributed by atoms with Crippen LogP contribution < -0.4 is 0 Å². The minimum atomic E-state index is -0.347. The van der Waals surface area contributed by atoms with Gasteiger partial charge in [0.15, 0.2) is 0 Å². The van der Waals surface area contributed by atoms with Crippen LogP contribution in [-0.2, 0) is 9.53 Å². The first-order chi connectivity index (χ1) is 9.01. The van der Waals surface area contributed by atoms with E-state index >= 15 is 0 Å². The molecule has 0 saturated heterocycles.